The first-order chi connectivity index (χ1) is 16.7. The van der Waals surface area contributed by atoms with E-state index in [0.717, 1.165) is 16.0 Å². The average Bonchev–Trinajstić information content (AvgIpc) is 3.26. The number of likely N-dealkylation sites (tertiary alicyclic amines) is 1. The number of carbonyl (C=O) groups is 3. The van der Waals surface area contributed by atoms with Crippen LogP contribution in [0.5, 0.6) is 0 Å². The Labute approximate surface area is 207 Å². The van der Waals surface area contributed by atoms with E-state index in [9.17, 15) is 14.4 Å². The number of aromatic nitrogens is 3. The van der Waals surface area contributed by atoms with Crippen molar-refractivity contribution in [3.63, 3.8) is 0 Å². The fourth-order valence-corrected chi connectivity index (χ4v) is 4.34. The zero-order valence-electron chi connectivity index (χ0n) is 19.6. The number of amides is 4. The second kappa shape index (κ2) is 9.75. The van der Waals surface area contributed by atoms with Crippen molar-refractivity contribution in [3.05, 3.63) is 71.0 Å². The minimum Gasteiger partial charge on any atom is -0.384 e. The third-order valence-electron chi connectivity index (χ3n) is 6.05. The molecule has 10 nitrogen and oxygen atoms in total. The first kappa shape index (κ1) is 24.2. The van der Waals surface area contributed by atoms with Crippen LogP contribution in [0.4, 0.5) is 16.4 Å². The van der Waals surface area contributed by atoms with E-state index < -0.39 is 35.8 Å². The number of aryl methyl sites for hydroxylation is 1. The number of benzene rings is 1. The van der Waals surface area contributed by atoms with Crippen molar-refractivity contribution >= 4 is 41.1 Å². The molecule has 2 aromatic heterocycles. The lowest BCUT2D eigenvalue weighted by molar-refractivity contribution is -0.156. The molecule has 1 fully saturated rings. The predicted octanol–water partition coefficient (Wildman–Crippen LogP) is 2.55. The van der Waals surface area contributed by atoms with Crippen LogP contribution in [0.25, 0.3) is 0 Å². The van der Waals surface area contributed by atoms with Gasteiger partial charge in [0.1, 0.15) is 11.9 Å². The standard InChI is InChI=1S/C24H26ClN7O3/c1-14(16-5-4-6-17(25)13-16)28-24(35)32-21(23(34)31(3)20-8-10-30(2)29-20)18(22(32)33)11-15-7-9-27-19(26)12-15/h4-10,12-14,18,21H,11H2,1-3H3,(H2,26,27)(H,28,35)/t14?,18-,21+/m1/s1. The highest BCUT2D eigenvalue weighted by molar-refractivity contribution is 6.30. The number of hydrogen-bond acceptors (Lipinski definition) is 6. The third-order valence-corrected chi connectivity index (χ3v) is 6.28. The van der Waals surface area contributed by atoms with Crippen LogP contribution in [-0.4, -0.2) is 50.6 Å². The Balaban J connectivity index is 1.58. The number of urea groups is 1. The van der Waals surface area contributed by atoms with Gasteiger partial charge in [0.15, 0.2) is 5.82 Å². The molecule has 0 radical (unpaired) electrons. The highest BCUT2D eigenvalue weighted by Gasteiger charge is 2.55. The van der Waals surface area contributed by atoms with E-state index >= 15 is 0 Å². The predicted molar refractivity (Wildman–Crippen MR) is 131 cm³/mol. The van der Waals surface area contributed by atoms with Crippen molar-refractivity contribution in [3.8, 4) is 0 Å². The summed E-state index contributed by atoms with van der Waals surface area (Å²) in [4.78, 5) is 46.1. The minimum atomic E-state index is -1.00. The number of imide groups is 1. The summed E-state index contributed by atoms with van der Waals surface area (Å²) in [5.41, 5.74) is 7.31. The number of nitrogens with one attached hydrogen (secondary N) is 1. The highest BCUT2D eigenvalue weighted by Crippen LogP contribution is 2.33. The van der Waals surface area contributed by atoms with Crippen molar-refractivity contribution in [1.82, 2.24) is 25.0 Å². The number of β-lactam (4-membered cyclic amide) rings is 1. The lowest BCUT2D eigenvalue weighted by atomic mass is 9.81. The Hall–Kier alpha value is -3.92. The summed E-state index contributed by atoms with van der Waals surface area (Å²) in [6, 6.07) is 10.0. The summed E-state index contributed by atoms with van der Waals surface area (Å²) in [6.45, 7) is 1.78. The fourth-order valence-electron chi connectivity index (χ4n) is 4.14. The summed E-state index contributed by atoms with van der Waals surface area (Å²) in [7, 11) is 3.31. The summed E-state index contributed by atoms with van der Waals surface area (Å²) in [5.74, 6) is -0.864. The van der Waals surface area contributed by atoms with Gasteiger partial charge in [0.25, 0.3) is 5.91 Å². The van der Waals surface area contributed by atoms with Gasteiger partial charge in [-0.25, -0.2) is 9.78 Å². The number of hydrogen-bond donors (Lipinski definition) is 2. The normalized spacial score (nSPS) is 18.1. The van der Waals surface area contributed by atoms with Crippen molar-refractivity contribution in [1.29, 1.82) is 0 Å². The van der Waals surface area contributed by atoms with Gasteiger partial charge in [-0.15, -0.1) is 0 Å². The maximum Gasteiger partial charge on any atom is 0.325 e. The molecule has 1 saturated heterocycles. The van der Waals surface area contributed by atoms with Crippen molar-refractivity contribution in [2.75, 3.05) is 17.7 Å². The van der Waals surface area contributed by atoms with E-state index in [1.165, 1.54) is 4.90 Å². The Morgan fingerprint density at radius 2 is 2.03 bits per heavy atom. The molecule has 3 heterocycles. The number of carbonyl (C=O) groups excluding carboxylic acids is 3. The second-order valence-electron chi connectivity index (χ2n) is 8.52. The Morgan fingerprint density at radius 1 is 1.26 bits per heavy atom. The number of halogens is 1. The Kier molecular flexibility index (Phi) is 6.74. The molecule has 3 atom stereocenters. The number of nitrogens with zero attached hydrogens (tertiary/aromatic N) is 5. The molecule has 1 aromatic carbocycles. The smallest absolute Gasteiger partial charge is 0.325 e. The maximum absolute atomic E-state index is 13.5. The topological polar surface area (TPSA) is 126 Å². The van der Waals surface area contributed by atoms with Gasteiger partial charge in [0, 0.05) is 37.6 Å². The lowest BCUT2D eigenvalue weighted by Crippen LogP contribution is -2.70. The molecule has 0 bridgehead atoms. The molecule has 11 heteroatoms. The van der Waals surface area contributed by atoms with E-state index in [-0.39, 0.29) is 6.42 Å². The first-order valence-electron chi connectivity index (χ1n) is 11.0. The number of nitrogen functional groups attached to an aromatic ring is 1. The van der Waals surface area contributed by atoms with Gasteiger partial charge in [-0.1, -0.05) is 23.7 Å². The fraction of sp³-hybridized carbons (Fsp3) is 0.292. The molecule has 4 amide bonds. The van der Waals surface area contributed by atoms with Gasteiger partial charge >= 0.3 is 6.03 Å². The van der Waals surface area contributed by atoms with E-state index in [4.69, 9.17) is 17.3 Å². The molecule has 182 valence electrons. The van der Waals surface area contributed by atoms with Gasteiger partial charge in [-0.3, -0.25) is 24.1 Å². The zero-order chi connectivity index (χ0) is 25.3. The molecular weight excluding hydrogens is 470 g/mol. The van der Waals surface area contributed by atoms with Crippen molar-refractivity contribution in [2.24, 2.45) is 13.0 Å². The van der Waals surface area contributed by atoms with Gasteiger partial charge in [0.2, 0.25) is 5.91 Å². The largest absolute Gasteiger partial charge is 0.384 e. The van der Waals surface area contributed by atoms with Crippen LogP contribution in [0.15, 0.2) is 54.9 Å². The van der Waals surface area contributed by atoms with E-state index in [2.05, 4.69) is 15.4 Å². The van der Waals surface area contributed by atoms with Crippen LogP contribution in [0, 0.1) is 5.92 Å². The maximum atomic E-state index is 13.5. The van der Waals surface area contributed by atoms with E-state index in [0.29, 0.717) is 16.7 Å². The molecule has 3 N–H and O–H groups in total. The van der Waals surface area contributed by atoms with Crippen LogP contribution < -0.4 is 16.0 Å². The molecule has 0 spiro atoms. The number of rotatable bonds is 6. The number of anilines is 2. The molecule has 0 aliphatic carbocycles. The molecule has 0 saturated carbocycles. The monoisotopic (exact) mass is 495 g/mol. The molecule has 35 heavy (non-hydrogen) atoms. The molecule has 1 unspecified atom stereocenters. The summed E-state index contributed by atoms with van der Waals surface area (Å²) in [6.07, 6.45) is 3.49. The summed E-state index contributed by atoms with van der Waals surface area (Å²) >= 11 is 6.07. The van der Waals surface area contributed by atoms with Crippen molar-refractivity contribution < 1.29 is 14.4 Å². The van der Waals surface area contributed by atoms with Crippen LogP contribution >= 0.6 is 11.6 Å². The lowest BCUT2D eigenvalue weighted by Gasteiger charge is -2.45. The molecule has 3 aromatic rings. The zero-order valence-corrected chi connectivity index (χ0v) is 20.3. The molecule has 4 rings (SSSR count). The molecular formula is C24H26ClN7O3. The Morgan fingerprint density at radius 3 is 2.69 bits per heavy atom. The minimum absolute atomic E-state index is 0.242. The highest BCUT2D eigenvalue weighted by atomic mass is 35.5. The SMILES string of the molecule is CC(NC(=O)N1C(=O)[C@H](Cc2ccnc(N)c2)[C@H]1C(=O)N(C)c1ccn(C)n1)c1cccc(Cl)c1. The van der Waals surface area contributed by atoms with Crippen LogP contribution in [-0.2, 0) is 23.1 Å². The van der Waals surface area contributed by atoms with Crippen LogP contribution in [0.2, 0.25) is 5.02 Å². The van der Waals surface area contributed by atoms with E-state index in [1.807, 2.05) is 6.07 Å². The quantitative estimate of drug-likeness (QED) is 0.506. The number of nitrogens with two attached hydrogens (primary N) is 1. The number of pyridine rings is 1. The van der Waals surface area contributed by atoms with Crippen LogP contribution in [0.3, 0.4) is 0 Å². The summed E-state index contributed by atoms with van der Waals surface area (Å²) < 4.78 is 1.57. The van der Waals surface area contributed by atoms with Gasteiger partial charge < -0.3 is 11.1 Å². The third kappa shape index (κ3) is 4.97. The molecule has 1 aliphatic heterocycles. The van der Waals surface area contributed by atoms with Crippen LogP contribution in [0.1, 0.15) is 24.1 Å². The van der Waals surface area contributed by atoms with E-state index in [1.54, 1.807) is 74.5 Å². The van der Waals surface area contributed by atoms with Gasteiger partial charge in [-0.05, 0) is 48.7 Å². The average molecular weight is 496 g/mol. The first-order valence-corrected chi connectivity index (χ1v) is 11.4. The summed E-state index contributed by atoms with van der Waals surface area (Å²) in [5, 5.41) is 7.60. The molecule has 1 aliphatic rings. The van der Waals surface area contributed by atoms with Crippen molar-refractivity contribution in [2.45, 2.75) is 25.4 Å². The Bertz CT molecular complexity index is 1280. The van der Waals surface area contributed by atoms with Gasteiger partial charge in [-0.2, -0.15) is 5.10 Å². The second-order valence-corrected chi connectivity index (χ2v) is 8.96. The van der Waals surface area contributed by atoms with Gasteiger partial charge in [0.05, 0.1) is 12.0 Å². The number of likely N-dealkylation sites (N-methyl/N-ethyl adjacent to an activating group) is 1.